The maximum atomic E-state index is 11.4. The summed E-state index contributed by atoms with van der Waals surface area (Å²) < 4.78 is 2.02. The SMILES string of the molecule is CC(=O)c1cccc2c1ccc[n+]2C. The van der Waals surface area contributed by atoms with E-state index in [2.05, 4.69) is 0 Å². The molecule has 0 spiro atoms. The fraction of sp³-hybridized carbons (Fsp3) is 0.167. The molecule has 2 rings (SSSR count). The van der Waals surface area contributed by atoms with Crippen LogP contribution in [0, 0.1) is 0 Å². The van der Waals surface area contributed by atoms with Crippen LogP contribution >= 0.6 is 0 Å². The van der Waals surface area contributed by atoms with Crippen molar-refractivity contribution in [2.45, 2.75) is 6.92 Å². The molecule has 0 bridgehead atoms. The molecule has 1 aromatic heterocycles. The van der Waals surface area contributed by atoms with Crippen LogP contribution < -0.4 is 4.57 Å². The molecular weight excluding hydrogens is 174 g/mol. The summed E-state index contributed by atoms with van der Waals surface area (Å²) >= 11 is 0. The Hall–Kier alpha value is -1.70. The lowest BCUT2D eigenvalue weighted by Gasteiger charge is -2.00. The summed E-state index contributed by atoms with van der Waals surface area (Å²) in [6, 6.07) is 9.73. The van der Waals surface area contributed by atoms with Crippen LogP contribution in [-0.4, -0.2) is 5.78 Å². The number of hydrogen-bond acceptors (Lipinski definition) is 1. The number of nitrogens with zero attached hydrogens (tertiary/aromatic N) is 1. The largest absolute Gasteiger partial charge is 0.294 e. The van der Waals surface area contributed by atoms with E-state index in [0.29, 0.717) is 0 Å². The molecule has 2 nitrogen and oxygen atoms in total. The molecule has 2 heteroatoms. The third-order valence-corrected chi connectivity index (χ3v) is 2.41. The molecule has 70 valence electrons. The van der Waals surface area contributed by atoms with Crippen molar-refractivity contribution in [1.82, 2.24) is 0 Å². The zero-order valence-electron chi connectivity index (χ0n) is 8.32. The average molecular weight is 186 g/mol. The van der Waals surface area contributed by atoms with Gasteiger partial charge in [-0.05, 0) is 13.0 Å². The van der Waals surface area contributed by atoms with Crippen molar-refractivity contribution in [1.29, 1.82) is 0 Å². The predicted octanol–water partition coefficient (Wildman–Crippen LogP) is 1.87. The van der Waals surface area contributed by atoms with Gasteiger partial charge in [-0.15, -0.1) is 0 Å². The van der Waals surface area contributed by atoms with Crippen LogP contribution in [0.25, 0.3) is 10.9 Å². The van der Waals surface area contributed by atoms with E-state index in [1.54, 1.807) is 6.92 Å². The minimum Gasteiger partial charge on any atom is -0.294 e. The summed E-state index contributed by atoms with van der Waals surface area (Å²) in [6.07, 6.45) is 1.98. The van der Waals surface area contributed by atoms with Gasteiger partial charge in [-0.1, -0.05) is 12.1 Å². The molecule has 0 amide bonds. The summed E-state index contributed by atoms with van der Waals surface area (Å²) in [6.45, 7) is 1.60. The van der Waals surface area contributed by atoms with Crippen LogP contribution in [0.1, 0.15) is 17.3 Å². The van der Waals surface area contributed by atoms with Gasteiger partial charge in [0.2, 0.25) is 5.52 Å². The normalized spacial score (nSPS) is 10.4. The van der Waals surface area contributed by atoms with Crippen LogP contribution in [-0.2, 0) is 7.05 Å². The highest BCUT2D eigenvalue weighted by Gasteiger charge is 2.09. The molecule has 0 saturated carbocycles. The monoisotopic (exact) mass is 186 g/mol. The van der Waals surface area contributed by atoms with Gasteiger partial charge in [0, 0.05) is 17.7 Å². The second-order valence-corrected chi connectivity index (χ2v) is 3.41. The van der Waals surface area contributed by atoms with Crippen molar-refractivity contribution in [3.63, 3.8) is 0 Å². The first-order chi connectivity index (χ1) is 6.70. The van der Waals surface area contributed by atoms with Crippen molar-refractivity contribution < 1.29 is 9.36 Å². The first-order valence-electron chi connectivity index (χ1n) is 4.58. The fourth-order valence-corrected chi connectivity index (χ4v) is 1.69. The third-order valence-electron chi connectivity index (χ3n) is 2.41. The van der Waals surface area contributed by atoms with Crippen molar-refractivity contribution in [2.24, 2.45) is 7.05 Å². The number of rotatable bonds is 1. The highest BCUT2D eigenvalue weighted by atomic mass is 16.1. The predicted molar refractivity (Wildman–Crippen MR) is 55.1 cm³/mol. The summed E-state index contributed by atoms with van der Waals surface area (Å²) in [7, 11) is 1.98. The maximum Gasteiger partial charge on any atom is 0.212 e. The van der Waals surface area contributed by atoms with Gasteiger partial charge in [-0.2, -0.15) is 0 Å². The highest BCUT2D eigenvalue weighted by Crippen LogP contribution is 2.15. The fourth-order valence-electron chi connectivity index (χ4n) is 1.69. The van der Waals surface area contributed by atoms with Gasteiger partial charge < -0.3 is 0 Å². The molecule has 0 N–H and O–H groups in total. The van der Waals surface area contributed by atoms with E-state index in [4.69, 9.17) is 0 Å². The Labute approximate surface area is 82.8 Å². The van der Waals surface area contributed by atoms with Crippen LogP contribution in [0.4, 0.5) is 0 Å². The van der Waals surface area contributed by atoms with Crippen molar-refractivity contribution in [2.75, 3.05) is 0 Å². The number of Topliss-reactive ketones (excluding diaryl/α,β-unsaturated/α-hetero) is 1. The lowest BCUT2D eigenvalue weighted by Crippen LogP contribution is -2.28. The zero-order valence-corrected chi connectivity index (χ0v) is 8.32. The van der Waals surface area contributed by atoms with Gasteiger partial charge >= 0.3 is 0 Å². The van der Waals surface area contributed by atoms with E-state index in [1.165, 1.54) is 0 Å². The summed E-state index contributed by atoms with van der Waals surface area (Å²) in [5, 5.41) is 1.02. The smallest absolute Gasteiger partial charge is 0.212 e. The molecule has 0 aliphatic heterocycles. The number of carbonyl (C=O) groups is 1. The molecule has 2 aromatic rings. The Morgan fingerprint density at radius 1 is 1.21 bits per heavy atom. The lowest BCUT2D eigenvalue weighted by atomic mass is 10.1. The Morgan fingerprint density at radius 3 is 2.71 bits per heavy atom. The Morgan fingerprint density at radius 2 is 2.00 bits per heavy atom. The van der Waals surface area contributed by atoms with E-state index < -0.39 is 0 Å². The minimum atomic E-state index is 0.113. The minimum absolute atomic E-state index is 0.113. The standard InChI is InChI=1S/C12H12NO/c1-9(14)10-5-3-7-12-11(10)6-4-8-13(12)2/h3-8H,1-2H3/q+1. The number of carbonyl (C=O) groups excluding carboxylic acids is 1. The Kier molecular flexibility index (Phi) is 2.04. The maximum absolute atomic E-state index is 11.4. The number of fused-ring (bicyclic) bond motifs is 1. The van der Waals surface area contributed by atoms with Gasteiger partial charge in [0.05, 0.1) is 5.39 Å². The molecule has 0 unspecified atom stereocenters. The first kappa shape index (κ1) is 8.88. The van der Waals surface area contributed by atoms with Crippen LogP contribution in [0.15, 0.2) is 36.5 Å². The quantitative estimate of drug-likeness (QED) is 0.492. The molecule has 1 heterocycles. The average Bonchev–Trinajstić information content (AvgIpc) is 2.17. The van der Waals surface area contributed by atoms with Crippen LogP contribution in [0.3, 0.4) is 0 Å². The number of hydrogen-bond donors (Lipinski definition) is 0. The molecule has 0 saturated heterocycles. The van der Waals surface area contributed by atoms with Gasteiger partial charge in [-0.3, -0.25) is 4.79 Å². The van der Waals surface area contributed by atoms with Crippen LogP contribution in [0.2, 0.25) is 0 Å². The highest BCUT2D eigenvalue weighted by molar-refractivity contribution is 6.05. The second-order valence-electron chi connectivity index (χ2n) is 3.41. The lowest BCUT2D eigenvalue weighted by molar-refractivity contribution is -0.644. The molecular formula is C12H12NO+. The zero-order chi connectivity index (χ0) is 10.1. The molecule has 14 heavy (non-hydrogen) atoms. The third kappa shape index (κ3) is 1.29. The van der Waals surface area contributed by atoms with E-state index >= 15 is 0 Å². The van der Waals surface area contributed by atoms with Gasteiger partial charge in [-0.25, -0.2) is 4.57 Å². The number of aryl methyl sites for hydroxylation is 1. The number of aromatic nitrogens is 1. The summed E-state index contributed by atoms with van der Waals surface area (Å²) in [5.41, 5.74) is 1.87. The first-order valence-corrected chi connectivity index (χ1v) is 4.58. The van der Waals surface area contributed by atoms with Gasteiger partial charge in [0.1, 0.15) is 7.05 Å². The van der Waals surface area contributed by atoms with Crippen molar-refractivity contribution >= 4 is 16.7 Å². The molecule has 0 fully saturated rings. The van der Waals surface area contributed by atoms with Crippen molar-refractivity contribution in [3.8, 4) is 0 Å². The number of ketones is 1. The van der Waals surface area contributed by atoms with E-state index in [9.17, 15) is 4.79 Å². The van der Waals surface area contributed by atoms with Gasteiger partial charge in [0.25, 0.3) is 0 Å². The summed E-state index contributed by atoms with van der Waals surface area (Å²) in [5.74, 6) is 0.113. The number of pyridine rings is 1. The van der Waals surface area contributed by atoms with Crippen LogP contribution in [0.5, 0.6) is 0 Å². The number of benzene rings is 1. The molecule has 0 atom stereocenters. The molecule has 0 aliphatic rings. The molecule has 0 aliphatic carbocycles. The Bertz CT molecular complexity index is 503. The summed E-state index contributed by atoms with van der Waals surface area (Å²) in [4.78, 5) is 11.4. The van der Waals surface area contributed by atoms with Gasteiger partial charge in [0.15, 0.2) is 12.0 Å². The molecule has 0 radical (unpaired) electrons. The van der Waals surface area contributed by atoms with E-state index in [0.717, 1.165) is 16.5 Å². The Balaban J connectivity index is 2.88. The van der Waals surface area contributed by atoms with Crippen molar-refractivity contribution in [3.05, 3.63) is 42.1 Å². The molecule has 1 aromatic carbocycles. The second kappa shape index (κ2) is 3.22. The van der Waals surface area contributed by atoms with E-state index in [-0.39, 0.29) is 5.78 Å². The van der Waals surface area contributed by atoms with E-state index in [1.807, 2.05) is 48.1 Å². The topological polar surface area (TPSA) is 20.9 Å².